The van der Waals surface area contributed by atoms with Gasteiger partial charge < -0.3 is 19.9 Å². The maximum Gasteiger partial charge on any atom is 0.329 e. The molecule has 0 bridgehead atoms. The summed E-state index contributed by atoms with van der Waals surface area (Å²) in [4.78, 5) is 21.7. The van der Waals surface area contributed by atoms with Gasteiger partial charge in [0.1, 0.15) is 12.4 Å². The first-order valence-corrected chi connectivity index (χ1v) is 6.26. The lowest BCUT2D eigenvalue weighted by atomic mass is 10.1. The monoisotopic (exact) mass is 281 g/mol. The molecule has 1 aromatic rings. The van der Waals surface area contributed by atoms with Gasteiger partial charge >= 0.3 is 5.97 Å². The number of carbonyl (C=O) groups excluding carboxylic acids is 1. The molecule has 0 radical (unpaired) electrons. The fourth-order valence-electron chi connectivity index (χ4n) is 1.64. The average Bonchev–Trinajstić information content (AvgIpc) is 2.37. The van der Waals surface area contributed by atoms with Gasteiger partial charge in [-0.3, -0.25) is 4.79 Å². The Balaban J connectivity index is 2.25. The minimum Gasteiger partial charge on any atom is -0.483 e. The molecule has 0 saturated carbocycles. The van der Waals surface area contributed by atoms with E-state index in [1.54, 1.807) is 0 Å². The molecule has 0 aliphatic carbocycles. The minimum atomic E-state index is -1.03. The Labute approximate surface area is 117 Å². The number of ether oxygens (including phenoxy) is 2. The molecule has 110 valence electrons. The lowest BCUT2D eigenvalue weighted by molar-refractivity contribution is -0.142. The Morgan fingerprint density at radius 1 is 1.20 bits per heavy atom. The second-order valence-electron chi connectivity index (χ2n) is 4.31. The molecule has 2 N–H and O–H groups in total. The van der Waals surface area contributed by atoms with Gasteiger partial charge in [-0.25, -0.2) is 4.79 Å². The zero-order valence-corrected chi connectivity index (χ0v) is 11.6. The molecule has 0 heterocycles. The van der Waals surface area contributed by atoms with E-state index in [0.717, 1.165) is 11.1 Å². The van der Waals surface area contributed by atoms with E-state index < -0.39 is 5.97 Å². The zero-order valence-electron chi connectivity index (χ0n) is 11.6. The van der Waals surface area contributed by atoms with Gasteiger partial charge in [-0.1, -0.05) is 18.2 Å². The first-order chi connectivity index (χ1) is 9.50. The predicted octanol–water partition coefficient (Wildman–Crippen LogP) is 0.900. The smallest absolute Gasteiger partial charge is 0.329 e. The van der Waals surface area contributed by atoms with Crippen molar-refractivity contribution in [1.82, 2.24) is 5.32 Å². The molecule has 0 saturated heterocycles. The van der Waals surface area contributed by atoms with Crippen molar-refractivity contribution in [2.45, 2.75) is 13.8 Å². The van der Waals surface area contributed by atoms with E-state index >= 15 is 0 Å². The highest BCUT2D eigenvalue weighted by Crippen LogP contribution is 2.21. The van der Waals surface area contributed by atoms with E-state index in [1.807, 2.05) is 32.0 Å². The number of hydrogen-bond donors (Lipinski definition) is 2. The summed E-state index contributed by atoms with van der Waals surface area (Å²) < 4.78 is 10.3. The molecule has 0 aromatic heterocycles. The zero-order chi connectivity index (χ0) is 15.0. The number of hydrogen-bond acceptors (Lipinski definition) is 4. The fourth-order valence-corrected chi connectivity index (χ4v) is 1.64. The highest BCUT2D eigenvalue weighted by Gasteiger charge is 2.06. The minimum absolute atomic E-state index is 0.0787. The maximum atomic E-state index is 11.5. The summed E-state index contributed by atoms with van der Waals surface area (Å²) in [5, 5.41) is 10.9. The number of carbonyl (C=O) groups is 2. The molecule has 0 spiro atoms. The summed E-state index contributed by atoms with van der Waals surface area (Å²) in [5.41, 5.74) is 1.95. The van der Waals surface area contributed by atoms with Crippen LogP contribution in [0.15, 0.2) is 18.2 Å². The molecule has 6 nitrogen and oxygen atoms in total. The highest BCUT2D eigenvalue weighted by atomic mass is 16.5. The molecule has 1 rings (SSSR count). The number of para-hydroxylation sites is 1. The SMILES string of the molecule is Cc1cccc(C)c1OCC(=O)NCCOCC(=O)O. The Bertz CT molecular complexity index is 452. The lowest BCUT2D eigenvalue weighted by Crippen LogP contribution is -2.32. The Hall–Kier alpha value is -2.08. The van der Waals surface area contributed by atoms with Gasteiger partial charge in [-0.05, 0) is 25.0 Å². The van der Waals surface area contributed by atoms with Crippen LogP contribution in [0, 0.1) is 13.8 Å². The number of aliphatic carboxylic acids is 1. The van der Waals surface area contributed by atoms with Crippen LogP contribution in [-0.4, -0.2) is 43.3 Å². The number of benzene rings is 1. The van der Waals surface area contributed by atoms with E-state index in [1.165, 1.54) is 0 Å². The van der Waals surface area contributed by atoms with E-state index in [0.29, 0.717) is 5.75 Å². The average molecular weight is 281 g/mol. The van der Waals surface area contributed by atoms with Crippen LogP contribution in [0.25, 0.3) is 0 Å². The highest BCUT2D eigenvalue weighted by molar-refractivity contribution is 5.77. The van der Waals surface area contributed by atoms with Gasteiger partial charge in [-0.2, -0.15) is 0 Å². The number of nitrogens with one attached hydrogen (secondary N) is 1. The van der Waals surface area contributed by atoms with Gasteiger partial charge in [0.05, 0.1) is 6.61 Å². The third-order valence-electron chi connectivity index (χ3n) is 2.55. The Kier molecular flexibility index (Phi) is 6.52. The molecular weight excluding hydrogens is 262 g/mol. The van der Waals surface area contributed by atoms with Crippen molar-refractivity contribution in [2.24, 2.45) is 0 Å². The molecule has 0 unspecified atom stereocenters. The Morgan fingerprint density at radius 3 is 2.45 bits per heavy atom. The van der Waals surface area contributed by atoms with Crippen LogP contribution >= 0.6 is 0 Å². The van der Waals surface area contributed by atoms with Crippen LogP contribution in [0.4, 0.5) is 0 Å². The standard InChI is InChI=1S/C14H19NO5/c1-10-4-3-5-11(2)14(10)20-8-12(16)15-6-7-19-9-13(17)18/h3-5H,6-9H2,1-2H3,(H,15,16)(H,17,18). The van der Waals surface area contributed by atoms with Crippen molar-refractivity contribution in [1.29, 1.82) is 0 Å². The van der Waals surface area contributed by atoms with E-state index in [2.05, 4.69) is 5.32 Å². The largest absolute Gasteiger partial charge is 0.483 e. The summed E-state index contributed by atoms with van der Waals surface area (Å²) in [5.74, 6) is -0.592. The van der Waals surface area contributed by atoms with Crippen molar-refractivity contribution in [3.63, 3.8) is 0 Å². The molecule has 6 heteroatoms. The number of amides is 1. The van der Waals surface area contributed by atoms with Gasteiger partial charge in [0.15, 0.2) is 6.61 Å². The van der Waals surface area contributed by atoms with Crippen LogP contribution in [-0.2, 0) is 14.3 Å². The summed E-state index contributed by atoms with van der Waals surface area (Å²) in [6, 6.07) is 5.76. The second kappa shape index (κ2) is 8.16. The van der Waals surface area contributed by atoms with Gasteiger partial charge in [0.2, 0.25) is 0 Å². The fraction of sp³-hybridized carbons (Fsp3) is 0.429. The number of aryl methyl sites for hydroxylation is 2. The summed E-state index contributed by atoms with van der Waals surface area (Å²) in [6.07, 6.45) is 0. The third kappa shape index (κ3) is 5.71. The van der Waals surface area contributed by atoms with Crippen molar-refractivity contribution in [3.05, 3.63) is 29.3 Å². The number of carboxylic acid groups (broad SMARTS) is 1. The molecule has 0 aliphatic rings. The van der Waals surface area contributed by atoms with Crippen molar-refractivity contribution in [2.75, 3.05) is 26.4 Å². The second-order valence-corrected chi connectivity index (χ2v) is 4.31. The Morgan fingerprint density at radius 2 is 1.85 bits per heavy atom. The van der Waals surface area contributed by atoms with Crippen LogP contribution < -0.4 is 10.1 Å². The quantitative estimate of drug-likeness (QED) is 0.692. The molecule has 0 aliphatic heterocycles. The topological polar surface area (TPSA) is 84.9 Å². The molecule has 0 fully saturated rings. The van der Waals surface area contributed by atoms with Crippen molar-refractivity contribution < 1.29 is 24.2 Å². The predicted molar refractivity (Wildman–Crippen MR) is 72.9 cm³/mol. The van der Waals surface area contributed by atoms with Crippen LogP contribution in [0.3, 0.4) is 0 Å². The van der Waals surface area contributed by atoms with E-state index in [4.69, 9.17) is 14.6 Å². The lowest BCUT2D eigenvalue weighted by Gasteiger charge is -2.11. The van der Waals surface area contributed by atoms with Crippen molar-refractivity contribution >= 4 is 11.9 Å². The number of carboxylic acids is 1. The van der Waals surface area contributed by atoms with E-state index in [-0.39, 0.29) is 32.3 Å². The molecule has 1 amide bonds. The maximum absolute atomic E-state index is 11.5. The summed E-state index contributed by atoms with van der Waals surface area (Å²) in [6.45, 7) is 3.79. The number of rotatable bonds is 8. The van der Waals surface area contributed by atoms with E-state index in [9.17, 15) is 9.59 Å². The molecule has 1 aromatic carbocycles. The summed E-state index contributed by atoms with van der Waals surface area (Å²) >= 11 is 0. The first kappa shape index (κ1) is 16.0. The summed E-state index contributed by atoms with van der Waals surface area (Å²) in [7, 11) is 0. The van der Waals surface area contributed by atoms with Crippen LogP contribution in [0.1, 0.15) is 11.1 Å². The molecule has 20 heavy (non-hydrogen) atoms. The van der Waals surface area contributed by atoms with Gasteiger partial charge in [0.25, 0.3) is 5.91 Å². The molecule has 0 atom stereocenters. The van der Waals surface area contributed by atoms with Gasteiger partial charge in [0, 0.05) is 6.54 Å². The first-order valence-electron chi connectivity index (χ1n) is 6.26. The third-order valence-corrected chi connectivity index (χ3v) is 2.55. The van der Waals surface area contributed by atoms with Crippen molar-refractivity contribution in [3.8, 4) is 5.75 Å². The van der Waals surface area contributed by atoms with Crippen LogP contribution in [0.2, 0.25) is 0 Å². The van der Waals surface area contributed by atoms with Gasteiger partial charge in [-0.15, -0.1) is 0 Å². The van der Waals surface area contributed by atoms with Crippen LogP contribution in [0.5, 0.6) is 5.75 Å². The molecular formula is C14H19NO5. The normalized spacial score (nSPS) is 10.1.